The molecule has 0 bridgehead atoms. The van der Waals surface area contributed by atoms with Crippen LogP contribution in [0.4, 0.5) is 11.4 Å². The lowest BCUT2D eigenvalue weighted by Gasteiger charge is -2.23. The lowest BCUT2D eigenvalue weighted by Crippen LogP contribution is -2.33. The molecule has 2 rings (SSSR count). The number of carbonyl (C=O) groups is 1. The van der Waals surface area contributed by atoms with Crippen molar-refractivity contribution in [1.82, 2.24) is 0 Å². The van der Waals surface area contributed by atoms with Gasteiger partial charge in [-0.25, -0.2) is 0 Å². The first-order chi connectivity index (χ1) is 9.72. The Morgan fingerprint density at radius 3 is 2.95 bits per heavy atom. The molecule has 0 aromatic heterocycles. The molecule has 2 N–H and O–H groups in total. The summed E-state index contributed by atoms with van der Waals surface area (Å²) in [4.78, 5) is 14.1. The number of nitrogens with zero attached hydrogens (tertiary/aromatic N) is 1. The summed E-state index contributed by atoms with van der Waals surface area (Å²) >= 11 is 0. The Labute approximate surface area is 120 Å². The van der Waals surface area contributed by atoms with E-state index in [0.717, 1.165) is 43.7 Å². The van der Waals surface area contributed by atoms with Crippen molar-refractivity contribution in [2.45, 2.75) is 39.0 Å². The zero-order valence-corrected chi connectivity index (χ0v) is 12.2. The molecule has 0 radical (unpaired) electrons. The molecule has 1 amide bonds. The quantitative estimate of drug-likeness (QED) is 0.642. The third-order valence-electron chi connectivity index (χ3n) is 3.63. The SMILES string of the molecule is CCCCOCCN1C(=O)CCCc2cc(N)ccc21. The molecule has 1 aliphatic heterocycles. The normalized spacial score (nSPS) is 15.1. The fraction of sp³-hybridized carbons (Fsp3) is 0.562. The van der Waals surface area contributed by atoms with Crippen LogP contribution in [0.2, 0.25) is 0 Å². The standard InChI is InChI=1S/C16H24N2O2/c1-2-3-10-20-11-9-18-15-8-7-14(17)12-13(15)5-4-6-16(18)19/h7-8,12H,2-6,9-11,17H2,1H3. The Hall–Kier alpha value is -1.55. The third-order valence-corrected chi connectivity index (χ3v) is 3.63. The highest BCUT2D eigenvalue weighted by molar-refractivity contribution is 5.95. The monoisotopic (exact) mass is 276 g/mol. The zero-order valence-electron chi connectivity index (χ0n) is 12.2. The molecule has 20 heavy (non-hydrogen) atoms. The van der Waals surface area contributed by atoms with E-state index in [0.29, 0.717) is 19.6 Å². The number of unbranched alkanes of at least 4 members (excludes halogenated alkanes) is 1. The molecule has 1 aliphatic rings. The van der Waals surface area contributed by atoms with E-state index in [-0.39, 0.29) is 5.91 Å². The maximum atomic E-state index is 12.2. The smallest absolute Gasteiger partial charge is 0.227 e. The van der Waals surface area contributed by atoms with Crippen LogP contribution in [-0.2, 0) is 16.0 Å². The van der Waals surface area contributed by atoms with Gasteiger partial charge in [-0.3, -0.25) is 4.79 Å². The predicted molar refractivity (Wildman–Crippen MR) is 81.9 cm³/mol. The van der Waals surface area contributed by atoms with Gasteiger partial charge in [0.2, 0.25) is 5.91 Å². The number of ether oxygens (including phenoxy) is 1. The van der Waals surface area contributed by atoms with Gasteiger partial charge in [0.15, 0.2) is 0 Å². The predicted octanol–water partition coefficient (Wildman–Crippen LogP) is 2.75. The Morgan fingerprint density at radius 2 is 2.15 bits per heavy atom. The first kappa shape index (κ1) is 14.9. The van der Waals surface area contributed by atoms with E-state index in [9.17, 15) is 4.79 Å². The van der Waals surface area contributed by atoms with Crippen molar-refractivity contribution in [1.29, 1.82) is 0 Å². The summed E-state index contributed by atoms with van der Waals surface area (Å²) in [5, 5.41) is 0. The van der Waals surface area contributed by atoms with E-state index in [1.807, 2.05) is 23.1 Å². The molecule has 0 saturated heterocycles. The maximum Gasteiger partial charge on any atom is 0.227 e. The van der Waals surface area contributed by atoms with E-state index in [1.165, 1.54) is 5.56 Å². The van der Waals surface area contributed by atoms with Crippen LogP contribution < -0.4 is 10.6 Å². The summed E-state index contributed by atoms with van der Waals surface area (Å²) < 4.78 is 5.59. The number of aryl methyl sites for hydroxylation is 1. The van der Waals surface area contributed by atoms with Crippen LogP contribution in [-0.4, -0.2) is 25.7 Å². The van der Waals surface area contributed by atoms with Gasteiger partial charge in [0.05, 0.1) is 6.61 Å². The van der Waals surface area contributed by atoms with Crippen molar-refractivity contribution < 1.29 is 9.53 Å². The lowest BCUT2D eigenvalue weighted by molar-refractivity contribution is -0.118. The van der Waals surface area contributed by atoms with Gasteiger partial charge in [-0.05, 0) is 43.0 Å². The van der Waals surface area contributed by atoms with E-state index in [1.54, 1.807) is 0 Å². The lowest BCUT2D eigenvalue weighted by atomic mass is 10.1. The fourth-order valence-corrected chi connectivity index (χ4v) is 2.52. The van der Waals surface area contributed by atoms with Crippen LogP contribution in [0.25, 0.3) is 0 Å². The molecular formula is C16H24N2O2. The van der Waals surface area contributed by atoms with Gasteiger partial charge in [0.25, 0.3) is 0 Å². The molecule has 0 aliphatic carbocycles. The number of hydrogen-bond donors (Lipinski definition) is 1. The second kappa shape index (κ2) is 7.29. The number of carbonyl (C=O) groups excluding carboxylic acids is 1. The van der Waals surface area contributed by atoms with Gasteiger partial charge >= 0.3 is 0 Å². The van der Waals surface area contributed by atoms with Gasteiger partial charge in [-0.1, -0.05) is 13.3 Å². The average Bonchev–Trinajstić information content (AvgIpc) is 2.58. The molecule has 1 heterocycles. The molecule has 0 atom stereocenters. The molecule has 1 aromatic carbocycles. The zero-order chi connectivity index (χ0) is 14.4. The van der Waals surface area contributed by atoms with Gasteiger partial charge in [-0.15, -0.1) is 0 Å². The summed E-state index contributed by atoms with van der Waals surface area (Å²) in [6.45, 7) is 4.13. The number of benzene rings is 1. The fourth-order valence-electron chi connectivity index (χ4n) is 2.52. The van der Waals surface area contributed by atoms with Gasteiger partial charge < -0.3 is 15.4 Å². The third kappa shape index (κ3) is 3.73. The number of nitrogens with two attached hydrogens (primary N) is 1. The van der Waals surface area contributed by atoms with Gasteiger partial charge in [-0.2, -0.15) is 0 Å². The first-order valence-electron chi connectivity index (χ1n) is 7.49. The van der Waals surface area contributed by atoms with Crippen molar-refractivity contribution in [2.24, 2.45) is 0 Å². The molecule has 0 fully saturated rings. The molecule has 4 heteroatoms. The highest BCUT2D eigenvalue weighted by Gasteiger charge is 2.21. The van der Waals surface area contributed by atoms with Crippen LogP contribution in [0, 0.1) is 0 Å². The molecule has 4 nitrogen and oxygen atoms in total. The Morgan fingerprint density at radius 1 is 1.30 bits per heavy atom. The van der Waals surface area contributed by atoms with Crippen molar-refractivity contribution in [2.75, 3.05) is 30.4 Å². The van der Waals surface area contributed by atoms with Crippen molar-refractivity contribution in [3.63, 3.8) is 0 Å². The summed E-state index contributed by atoms with van der Waals surface area (Å²) in [7, 11) is 0. The number of hydrogen-bond acceptors (Lipinski definition) is 3. The number of fused-ring (bicyclic) bond motifs is 1. The molecule has 0 unspecified atom stereocenters. The second-order valence-corrected chi connectivity index (χ2v) is 5.25. The molecule has 0 spiro atoms. The second-order valence-electron chi connectivity index (χ2n) is 5.25. The number of anilines is 2. The maximum absolute atomic E-state index is 12.2. The van der Waals surface area contributed by atoms with Crippen LogP contribution in [0.5, 0.6) is 0 Å². The number of rotatable bonds is 6. The summed E-state index contributed by atoms with van der Waals surface area (Å²) in [5.74, 6) is 0.188. The van der Waals surface area contributed by atoms with E-state index in [4.69, 9.17) is 10.5 Å². The van der Waals surface area contributed by atoms with Gasteiger partial charge in [0.1, 0.15) is 0 Å². The molecule has 1 aromatic rings. The minimum absolute atomic E-state index is 0.188. The van der Waals surface area contributed by atoms with Gasteiger partial charge in [0, 0.05) is 30.9 Å². The Kier molecular flexibility index (Phi) is 5.41. The number of amides is 1. The van der Waals surface area contributed by atoms with E-state index in [2.05, 4.69) is 6.92 Å². The van der Waals surface area contributed by atoms with Crippen molar-refractivity contribution >= 4 is 17.3 Å². The highest BCUT2D eigenvalue weighted by atomic mass is 16.5. The van der Waals surface area contributed by atoms with Crippen molar-refractivity contribution in [3.05, 3.63) is 23.8 Å². The average molecular weight is 276 g/mol. The van der Waals surface area contributed by atoms with Crippen molar-refractivity contribution in [3.8, 4) is 0 Å². The van der Waals surface area contributed by atoms with E-state index < -0.39 is 0 Å². The summed E-state index contributed by atoms with van der Waals surface area (Å²) in [5.41, 5.74) is 8.77. The van der Waals surface area contributed by atoms with Crippen LogP contribution in [0.3, 0.4) is 0 Å². The minimum atomic E-state index is 0.188. The molecular weight excluding hydrogens is 252 g/mol. The summed E-state index contributed by atoms with van der Waals surface area (Å²) in [6, 6.07) is 5.81. The Bertz CT molecular complexity index is 460. The van der Waals surface area contributed by atoms with Crippen LogP contribution >= 0.6 is 0 Å². The van der Waals surface area contributed by atoms with Crippen LogP contribution in [0.1, 0.15) is 38.2 Å². The topological polar surface area (TPSA) is 55.6 Å². The molecule has 0 saturated carbocycles. The first-order valence-corrected chi connectivity index (χ1v) is 7.49. The highest BCUT2D eigenvalue weighted by Crippen LogP contribution is 2.28. The van der Waals surface area contributed by atoms with Crippen LogP contribution in [0.15, 0.2) is 18.2 Å². The Balaban J connectivity index is 2.04. The molecule has 110 valence electrons. The summed E-state index contributed by atoms with van der Waals surface area (Å²) in [6.07, 6.45) is 4.61. The van der Waals surface area contributed by atoms with E-state index >= 15 is 0 Å². The largest absolute Gasteiger partial charge is 0.399 e. The number of nitrogen functional groups attached to an aromatic ring is 1. The minimum Gasteiger partial charge on any atom is -0.399 e.